The molecule has 0 unspecified atom stereocenters. The van der Waals surface area contributed by atoms with Gasteiger partial charge in [0.05, 0.1) is 15.6 Å². The number of hydrogen-bond acceptors (Lipinski definition) is 6. The highest BCUT2D eigenvalue weighted by molar-refractivity contribution is 7.91. The van der Waals surface area contributed by atoms with Gasteiger partial charge in [0.15, 0.2) is 0 Å². The van der Waals surface area contributed by atoms with Crippen molar-refractivity contribution in [3.05, 3.63) is 22.5 Å². The quantitative estimate of drug-likeness (QED) is 0.880. The van der Waals surface area contributed by atoms with Crippen molar-refractivity contribution in [2.75, 3.05) is 27.2 Å². The molecule has 0 saturated carbocycles. The van der Waals surface area contributed by atoms with E-state index >= 15 is 0 Å². The molecule has 0 spiro atoms. The van der Waals surface area contributed by atoms with Crippen LogP contribution in [0.25, 0.3) is 10.6 Å². The average molecular weight is 331 g/mol. The van der Waals surface area contributed by atoms with E-state index in [9.17, 15) is 8.42 Å². The van der Waals surface area contributed by atoms with Gasteiger partial charge in [0.1, 0.15) is 4.21 Å². The van der Waals surface area contributed by atoms with Crippen LogP contribution in [0.1, 0.15) is 5.01 Å². The number of aryl methyl sites for hydroxylation is 1. The van der Waals surface area contributed by atoms with Crippen LogP contribution in [0.2, 0.25) is 0 Å². The molecule has 110 valence electrons. The van der Waals surface area contributed by atoms with E-state index in [0.29, 0.717) is 17.3 Å². The van der Waals surface area contributed by atoms with E-state index in [4.69, 9.17) is 0 Å². The van der Waals surface area contributed by atoms with Gasteiger partial charge in [-0.3, -0.25) is 0 Å². The van der Waals surface area contributed by atoms with Crippen molar-refractivity contribution in [3.8, 4) is 10.6 Å². The summed E-state index contributed by atoms with van der Waals surface area (Å²) in [6.45, 7) is 3.00. The first-order valence-electron chi connectivity index (χ1n) is 6.05. The third-order valence-electron chi connectivity index (χ3n) is 2.57. The van der Waals surface area contributed by atoms with Crippen molar-refractivity contribution in [1.82, 2.24) is 14.6 Å². The molecule has 20 heavy (non-hydrogen) atoms. The highest BCUT2D eigenvalue weighted by Gasteiger charge is 2.17. The van der Waals surface area contributed by atoms with E-state index in [-0.39, 0.29) is 0 Å². The summed E-state index contributed by atoms with van der Waals surface area (Å²) in [5, 5.41) is 2.92. The normalized spacial score (nSPS) is 12.2. The molecule has 0 aliphatic carbocycles. The van der Waals surface area contributed by atoms with Crippen molar-refractivity contribution in [2.24, 2.45) is 0 Å². The summed E-state index contributed by atoms with van der Waals surface area (Å²) in [5.41, 5.74) is 0.840. The van der Waals surface area contributed by atoms with E-state index < -0.39 is 10.0 Å². The fraction of sp³-hybridized carbons (Fsp3) is 0.417. The summed E-state index contributed by atoms with van der Waals surface area (Å²) in [5.74, 6) is 0. The van der Waals surface area contributed by atoms with Crippen molar-refractivity contribution >= 4 is 32.7 Å². The zero-order valence-electron chi connectivity index (χ0n) is 11.6. The van der Waals surface area contributed by atoms with Crippen LogP contribution in [0.4, 0.5) is 0 Å². The summed E-state index contributed by atoms with van der Waals surface area (Å²) < 4.78 is 27.2. The molecular formula is C12H17N3O2S3. The van der Waals surface area contributed by atoms with Crippen LogP contribution in [0.15, 0.2) is 21.7 Å². The first-order valence-corrected chi connectivity index (χ1v) is 9.23. The molecule has 8 heteroatoms. The Bertz CT molecular complexity index is 674. The number of thiophene rings is 1. The first-order chi connectivity index (χ1) is 9.38. The molecule has 2 aromatic heterocycles. The van der Waals surface area contributed by atoms with Gasteiger partial charge in [-0.25, -0.2) is 18.1 Å². The standard InChI is InChI=1S/C12H17N3O2S3/c1-9-14-10(8-18-9)11-4-5-12(19-11)20(16,17)13-6-7-15(2)3/h4-5,8,13H,6-7H2,1-3H3. The monoisotopic (exact) mass is 331 g/mol. The Morgan fingerprint density at radius 3 is 2.70 bits per heavy atom. The molecule has 2 heterocycles. The maximum absolute atomic E-state index is 12.1. The second-order valence-corrected chi connectivity index (χ2v) is 8.71. The lowest BCUT2D eigenvalue weighted by Gasteiger charge is -2.09. The number of aromatic nitrogens is 1. The summed E-state index contributed by atoms with van der Waals surface area (Å²) in [6.07, 6.45) is 0. The van der Waals surface area contributed by atoms with Gasteiger partial charge in [-0.1, -0.05) is 0 Å². The summed E-state index contributed by atoms with van der Waals surface area (Å²) >= 11 is 2.80. The van der Waals surface area contributed by atoms with E-state index in [1.54, 1.807) is 23.5 Å². The van der Waals surface area contributed by atoms with E-state index in [0.717, 1.165) is 15.6 Å². The number of nitrogens with zero attached hydrogens (tertiary/aromatic N) is 2. The molecule has 0 bridgehead atoms. The molecule has 0 aliphatic heterocycles. The van der Waals surface area contributed by atoms with Gasteiger partial charge < -0.3 is 4.90 Å². The number of nitrogens with one attached hydrogen (secondary N) is 1. The average Bonchev–Trinajstić information content (AvgIpc) is 2.96. The smallest absolute Gasteiger partial charge is 0.250 e. The predicted molar refractivity (Wildman–Crippen MR) is 83.9 cm³/mol. The molecule has 0 saturated heterocycles. The van der Waals surface area contributed by atoms with Gasteiger partial charge in [-0.05, 0) is 33.2 Å². The van der Waals surface area contributed by atoms with Gasteiger partial charge in [0.2, 0.25) is 10.0 Å². The first kappa shape index (κ1) is 15.6. The van der Waals surface area contributed by atoms with Crippen LogP contribution in [0.5, 0.6) is 0 Å². The van der Waals surface area contributed by atoms with Crippen molar-refractivity contribution < 1.29 is 8.42 Å². The number of hydrogen-bond donors (Lipinski definition) is 1. The van der Waals surface area contributed by atoms with Gasteiger partial charge in [0.25, 0.3) is 0 Å². The van der Waals surface area contributed by atoms with Crippen molar-refractivity contribution in [3.63, 3.8) is 0 Å². The van der Waals surface area contributed by atoms with Crippen LogP contribution in [0, 0.1) is 6.92 Å². The Morgan fingerprint density at radius 2 is 2.10 bits per heavy atom. The molecule has 0 radical (unpaired) electrons. The van der Waals surface area contributed by atoms with Crippen LogP contribution in [0.3, 0.4) is 0 Å². The lowest BCUT2D eigenvalue weighted by atomic mass is 10.4. The highest BCUT2D eigenvalue weighted by atomic mass is 32.2. The van der Waals surface area contributed by atoms with Crippen LogP contribution in [-0.4, -0.2) is 45.5 Å². The van der Waals surface area contributed by atoms with E-state index in [1.807, 2.05) is 31.3 Å². The third kappa shape index (κ3) is 3.86. The molecule has 5 nitrogen and oxygen atoms in total. The fourth-order valence-corrected chi connectivity index (χ4v) is 4.57. The minimum atomic E-state index is -3.42. The van der Waals surface area contributed by atoms with Crippen molar-refractivity contribution in [1.29, 1.82) is 0 Å². The van der Waals surface area contributed by atoms with Crippen LogP contribution in [-0.2, 0) is 10.0 Å². The lowest BCUT2D eigenvalue weighted by Crippen LogP contribution is -2.30. The predicted octanol–water partition coefficient (Wildman–Crippen LogP) is 2.02. The Hall–Kier alpha value is -0.800. The molecule has 0 aromatic carbocycles. The molecule has 0 amide bonds. The highest BCUT2D eigenvalue weighted by Crippen LogP contribution is 2.31. The molecule has 1 N–H and O–H groups in total. The zero-order valence-corrected chi connectivity index (χ0v) is 14.0. The fourth-order valence-electron chi connectivity index (χ4n) is 1.55. The number of likely N-dealkylation sites (N-methyl/N-ethyl adjacent to an activating group) is 1. The summed E-state index contributed by atoms with van der Waals surface area (Å²) in [4.78, 5) is 7.18. The molecule has 0 atom stereocenters. The molecule has 2 aromatic rings. The number of sulfonamides is 1. The second kappa shape index (κ2) is 6.31. The Balaban J connectivity index is 2.11. The molecule has 2 rings (SSSR count). The Morgan fingerprint density at radius 1 is 1.35 bits per heavy atom. The van der Waals surface area contributed by atoms with Crippen molar-refractivity contribution in [2.45, 2.75) is 11.1 Å². The van der Waals surface area contributed by atoms with Crippen LogP contribution >= 0.6 is 22.7 Å². The number of rotatable bonds is 6. The summed E-state index contributed by atoms with van der Waals surface area (Å²) in [7, 11) is 0.391. The largest absolute Gasteiger partial charge is 0.308 e. The number of thiazole rings is 1. The topological polar surface area (TPSA) is 62.3 Å². The second-order valence-electron chi connectivity index (χ2n) is 4.57. The minimum absolute atomic E-state index is 0.330. The molecular weight excluding hydrogens is 314 g/mol. The third-order valence-corrected chi connectivity index (χ3v) is 6.40. The van der Waals surface area contributed by atoms with E-state index in [1.165, 1.54) is 11.3 Å². The Kier molecular flexibility index (Phi) is 4.92. The Labute approximate surface area is 127 Å². The maximum Gasteiger partial charge on any atom is 0.250 e. The maximum atomic E-state index is 12.1. The minimum Gasteiger partial charge on any atom is -0.308 e. The molecule has 0 fully saturated rings. The van der Waals surface area contributed by atoms with Gasteiger partial charge in [-0.15, -0.1) is 22.7 Å². The van der Waals surface area contributed by atoms with Gasteiger partial charge >= 0.3 is 0 Å². The van der Waals surface area contributed by atoms with Gasteiger partial charge in [-0.2, -0.15) is 0 Å². The SMILES string of the molecule is Cc1nc(-c2ccc(S(=O)(=O)NCCN(C)C)s2)cs1. The van der Waals surface area contributed by atoms with Crippen LogP contribution < -0.4 is 4.72 Å². The lowest BCUT2D eigenvalue weighted by molar-refractivity contribution is 0.412. The zero-order chi connectivity index (χ0) is 14.8. The molecule has 0 aliphatic rings. The summed E-state index contributed by atoms with van der Waals surface area (Å²) in [6, 6.07) is 3.44. The van der Waals surface area contributed by atoms with Gasteiger partial charge in [0, 0.05) is 18.5 Å². The van der Waals surface area contributed by atoms with E-state index in [2.05, 4.69) is 9.71 Å².